The van der Waals surface area contributed by atoms with Crippen LogP contribution in [0.15, 0.2) is 11.6 Å². The summed E-state index contributed by atoms with van der Waals surface area (Å²) in [7, 11) is 0. The molecule has 0 aromatic heterocycles. The van der Waals surface area contributed by atoms with Crippen LogP contribution in [0.3, 0.4) is 0 Å². The van der Waals surface area contributed by atoms with Crippen molar-refractivity contribution in [2.45, 2.75) is 114 Å². The van der Waals surface area contributed by atoms with E-state index in [0.717, 1.165) is 18.4 Å². The molecule has 3 fully saturated rings. The van der Waals surface area contributed by atoms with Gasteiger partial charge in [-0.15, -0.1) is 0 Å². The fraction of sp³-hybridized carbons (Fsp3) is 0.926. The lowest BCUT2D eigenvalue weighted by atomic mass is 9.48. The van der Waals surface area contributed by atoms with Gasteiger partial charge in [0.1, 0.15) is 48.8 Å². The molecule has 12 heteroatoms. The monoisotopic (exact) mass is 562 g/mol. The first-order chi connectivity index (χ1) is 18.3. The Morgan fingerprint density at radius 2 is 1.36 bits per heavy atom. The molecule has 226 valence electrons. The first kappa shape index (κ1) is 31.2. The van der Waals surface area contributed by atoms with Gasteiger partial charge in [-0.2, -0.15) is 0 Å². The molecule has 39 heavy (non-hydrogen) atoms. The van der Waals surface area contributed by atoms with E-state index in [1.54, 1.807) is 0 Å². The maximum absolute atomic E-state index is 10.5. The number of ether oxygens (including phenoxy) is 4. The van der Waals surface area contributed by atoms with Crippen LogP contribution < -0.4 is 0 Å². The molecule has 0 radical (unpaired) electrons. The molecule has 14 atom stereocenters. The largest absolute Gasteiger partial charge is 0.394 e. The van der Waals surface area contributed by atoms with Gasteiger partial charge in [-0.3, -0.25) is 0 Å². The zero-order valence-electron chi connectivity index (χ0n) is 23.0. The second kappa shape index (κ2) is 11.9. The smallest absolute Gasteiger partial charge is 0.186 e. The molecule has 0 amide bonds. The van der Waals surface area contributed by atoms with Crippen molar-refractivity contribution in [3.05, 3.63) is 11.6 Å². The third kappa shape index (κ3) is 5.56. The number of allylic oxidation sites excluding steroid dienone is 1. The molecule has 2 saturated heterocycles. The van der Waals surface area contributed by atoms with Gasteiger partial charge >= 0.3 is 0 Å². The van der Waals surface area contributed by atoms with Crippen LogP contribution >= 0.6 is 0 Å². The van der Waals surface area contributed by atoms with E-state index in [9.17, 15) is 40.9 Å². The molecule has 12 nitrogen and oxygen atoms in total. The van der Waals surface area contributed by atoms with E-state index in [1.165, 1.54) is 0 Å². The van der Waals surface area contributed by atoms with Crippen molar-refractivity contribution in [3.8, 4) is 0 Å². The molecule has 2 aliphatic heterocycles. The number of aliphatic hydroxyl groups excluding tert-OH is 8. The molecule has 0 bridgehead atoms. The molecule has 2 aliphatic carbocycles. The summed E-state index contributed by atoms with van der Waals surface area (Å²) in [5, 5.41) is 80.5. The third-order valence-corrected chi connectivity index (χ3v) is 9.91. The summed E-state index contributed by atoms with van der Waals surface area (Å²) in [5.41, 5.74) is 0.471. The van der Waals surface area contributed by atoms with Crippen molar-refractivity contribution in [2.24, 2.45) is 22.7 Å². The molecular weight excluding hydrogens is 516 g/mol. The standard InChI is InChI=1S/C27H46O12/c1-12-5-6-16-26(2,3)17(39-25-23(35)21(33)19(31)15(10-29)38-25)7-8-27(16,4)13(12)11-36-24-22(34)20(32)18(30)14(9-28)37-24/h5,13-25,28-35H,6-11H2,1-4H3/t13?,14-,15-,16?,17?,18-,19-,20+,21+,22-,23-,24-,25+,27?/m1/s1. The summed E-state index contributed by atoms with van der Waals surface area (Å²) in [6, 6.07) is 0. The first-order valence-electron chi connectivity index (χ1n) is 13.8. The maximum atomic E-state index is 10.5. The number of rotatable bonds is 7. The minimum absolute atomic E-state index is 0.0592. The topological polar surface area (TPSA) is 199 Å². The van der Waals surface area contributed by atoms with Gasteiger partial charge in [0.15, 0.2) is 12.6 Å². The van der Waals surface area contributed by atoms with Crippen molar-refractivity contribution >= 4 is 0 Å². The lowest BCUT2D eigenvalue weighted by Crippen LogP contribution is -2.62. The van der Waals surface area contributed by atoms with Crippen LogP contribution in [-0.2, 0) is 18.9 Å². The molecule has 4 unspecified atom stereocenters. The predicted molar refractivity (Wildman–Crippen MR) is 135 cm³/mol. The van der Waals surface area contributed by atoms with Gasteiger partial charge < -0.3 is 59.8 Å². The summed E-state index contributed by atoms with van der Waals surface area (Å²) in [6.07, 6.45) is -9.47. The van der Waals surface area contributed by atoms with E-state index in [0.29, 0.717) is 6.42 Å². The SMILES string of the molecule is CC1=CCC2C(C)(C)C(O[C@@H]3O[C@H](CO)[C@@H](O)[C@H](O)[C@H]3O)CCC2(C)C1CO[C@@H]1O[C@H](CO)[C@@H](O)[C@H](O)[C@H]1O. The lowest BCUT2D eigenvalue weighted by Gasteiger charge is -2.59. The fourth-order valence-electron chi connectivity index (χ4n) is 7.32. The van der Waals surface area contributed by atoms with E-state index < -0.39 is 80.0 Å². The number of hydrogen-bond donors (Lipinski definition) is 8. The van der Waals surface area contributed by atoms with Crippen LogP contribution in [0, 0.1) is 22.7 Å². The highest BCUT2D eigenvalue weighted by Crippen LogP contribution is 2.60. The van der Waals surface area contributed by atoms with E-state index in [4.69, 9.17) is 18.9 Å². The second-order valence-corrected chi connectivity index (χ2v) is 12.5. The van der Waals surface area contributed by atoms with E-state index in [1.807, 2.05) is 6.92 Å². The van der Waals surface area contributed by atoms with Gasteiger partial charge in [0.05, 0.1) is 25.9 Å². The molecule has 0 spiro atoms. The van der Waals surface area contributed by atoms with Crippen molar-refractivity contribution in [2.75, 3.05) is 19.8 Å². The Hall–Kier alpha value is -0.740. The van der Waals surface area contributed by atoms with Crippen molar-refractivity contribution < 1.29 is 59.8 Å². The number of fused-ring (bicyclic) bond motifs is 1. The minimum atomic E-state index is -1.51. The van der Waals surface area contributed by atoms with Crippen LogP contribution in [0.4, 0.5) is 0 Å². The average molecular weight is 563 g/mol. The van der Waals surface area contributed by atoms with Crippen LogP contribution in [0.2, 0.25) is 0 Å². The third-order valence-electron chi connectivity index (χ3n) is 9.91. The van der Waals surface area contributed by atoms with Crippen LogP contribution in [-0.4, -0.2) is 128 Å². The Morgan fingerprint density at radius 3 is 1.92 bits per heavy atom. The molecular formula is C27H46O12. The summed E-state index contributed by atoms with van der Waals surface area (Å²) >= 11 is 0. The number of hydrogen-bond acceptors (Lipinski definition) is 12. The lowest BCUT2D eigenvalue weighted by molar-refractivity contribution is -0.328. The minimum Gasteiger partial charge on any atom is -0.394 e. The Balaban J connectivity index is 1.48. The molecule has 4 aliphatic rings. The molecule has 2 heterocycles. The van der Waals surface area contributed by atoms with E-state index in [2.05, 4.69) is 26.8 Å². The Bertz CT molecular complexity index is 864. The predicted octanol–water partition coefficient (Wildman–Crippen LogP) is -1.60. The Morgan fingerprint density at radius 1 is 0.821 bits per heavy atom. The number of aliphatic hydroxyl groups is 8. The van der Waals surface area contributed by atoms with Crippen LogP contribution in [0.1, 0.15) is 47.0 Å². The highest BCUT2D eigenvalue weighted by molar-refractivity contribution is 5.19. The molecule has 0 aromatic rings. The zero-order chi connectivity index (χ0) is 28.9. The van der Waals surface area contributed by atoms with Crippen LogP contribution in [0.25, 0.3) is 0 Å². The zero-order valence-corrected chi connectivity index (χ0v) is 23.0. The van der Waals surface area contributed by atoms with Gasteiger partial charge in [0.25, 0.3) is 0 Å². The summed E-state index contributed by atoms with van der Waals surface area (Å²) in [5.74, 6) is 0.0526. The summed E-state index contributed by atoms with van der Waals surface area (Å²) in [6.45, 7) is 7.54. The normalized spacial score (nSPS) is 50.3. The van der Waals surface area contributed by atoms with Gasteiger partial charge in [-0.1, -0.05) is 32.4 Å². The molecule has 0 aromatic carbocycles. The molecule has 8 N–H and O–H groups in total. The van der Waals surface area contributed by atoms with E-state index in [-0.39, 0.29) is 30.0 Å². The summed E-state index contributed by atoms with van der Waals surface area (Å²) < 4.78 is 23.4. The van der Waals surface area contributed by atoms with Crippen LogP contribution in [0.5, 0.6) is 0 Å². The van der Waals surface area contributed by atoms with E-state index >= 15 is 0 Å². The Labute approximate surface area is 228 Å². The van der Waals surface area contributed by atoms with Crippen molar-refractivity contribution in [1.29, 1.82) is 0 Å². The quantitative estimate of drug-likeness (QED) is 0.166. The Kier molecular flexibility index (Phi) is 9.49. The van der Waals surface area contributed by atoms with Gasteiger partial charge in [-0.25, -0.2) is 0 Å². The average Bonchev–Trinajstić information content (AvgIpc) is 2.89. The highest BCUT2D eigenvalue weighted by atomic mass is 16.7. The second-order valence-electron chi connectivity index (χ2n) is 12.5. The fourth-order valence-corrected chi connectivity index (χ4v) is 7.32. The van der Waals surface area contributed by atoms with Crippen molar-refractivity contribution in [1.82, 2.24) is 0 Å². The van der Waals surface area contributed by atoms with Gasteiger partial charge in [-0.05, 0) is 42.9 Å². The maximum Gasteiger partial charge on any atom is 0.186 e. The molecule has 4 rings (SSSR count). The molecule has 1 saturated carbocycles. The first-order valence-corrected chi connectivity index (χ1v) is 13.8. The summed E-state index contributed by atoms with van der Waals surface area (Å²) in [4.78, 5) is 0. The highest BCUT2D eigenvalue weighted by Gasteiger charge is 2.57. The van der Waals surface area contributed by atoms with Gasteiger partial charge in [0.2, 0.25) is 0 Å². The van der Waals surface area contributed by atoms with Crippen molar-refractivity contribution in [3.63, 3.8) is 0 Å². The van der Waals surface area contributed by atoms with Gasteiger partial charge in [0, 0.05) is 5.92 Å².